The number of aromatic nitrogens is 3. The number of rotatable bonds is 3. The Labute approximate surface area is 201 Å². The first kappa shape index (κ1) is 22.7. The van der Waals surface area contributed by atoms with Crippen molar-refractivity contribution in [3.05, 3.63) is 63.3 Å². The van der Waals surface area contributed by atoms with E-state index < -0.39 is 17.2 Å². The molecule has 0 radical (unpaired) electrons. The van der Waals surface area contributed by atoms with Crippen LogP contribution in [-0.4, -0.2) is 39.3 Å². The molecule has 0 amide bonds. The van der Waals surface area contributed by atoms with E-state index in [1.807, 2.05) is 0 Å². The highest BCUT2D eigenvalue weighted by molar-refractivity contribution is 5.74. The molecule has 2 aromatic heterocycles. The van der Waals surface area contributed by atoms with Crippen LogP contribution in [0, 0.1) is 17.6 Å². The van der Waals surface area contributed by atoms with Crippen molar-refractivity contribution in [1.82, 2.24) is 14.4 Å². The van der Waals surface area contributed by atoms with E-state index in [0.717, 1.165) is 25.5 Å². The van der Waals surface area contributed by atoms with Crippen molar-refractivity contribution in [3.8, 4) is 11.3 Å². The van der Waals surface area contributed by atoms with E-state index in [0.29, 0.717) is 35.9 Å². The van der Waals surface area contributed by atoms with Crippen molar-refractivity contribution in [2.45, 2.75) is 63.9 Å². The van der Waals surface area contributed by atoms with Gasteiger partial charge in [0.1, 0.15) is 17.3 Å². The Morgan fingerprint density at radius 3 is 2.77 bits per heavy atom. The van der Waals surface area contributed by atoms with Crippen molar-refractivity contribution < 1.29 is 23.0 Å². The smallest absolute Gasteiger partial charge is 0.263 e. The van der Waals surface area contributed by atoms with Crippen molar-refractivity contribution >= 4 is 5.65 Å². The minimum atomic E-state index is -0.754. The molecule has 3 aliphatic rings. The van der Waals surface area contributed by atoms with Gasteiger partial charge in [0, 0.05) is 36.3 Å². The molecular formula is C26H27F2N3O4. The normalized spacial score (nSPS) is 25.8. The number of benzene rings is 1. The summed E-state index contributed by atoms with van der Waals surface area (Å²) in [7, 11) is 0. The Hall–Kier alpha value is -2.75. The summed E-state index contributed by atoms with van der Waals surface area (Å²) in [5.74, 6) is -1.15. The third-order valence-corrected chi connectivity index (χ3v) is 7.31. The van der Waals surface area contributed by atoms with Gasteiger partial charge in [0.25, 0.3) is 5.56 Å². The number of hydrogen-bond donors (Lipinski definition) is 0. The zero-order valence-electron chi connectivity index (χ0n) is 19.7. The monoisotopic (exact) mass is 483 g/mol. The molecule has 2 saturated heterocycles. The molecule has 7 nitrogen and oxygen atoms in total. The zero-order chi connectivity index (χ0) is 24.3. The van der Waals surface area contributed by atoms with E-state index >= 15 is 0 Å². The summed E-state index contributed by atoms with van der Waals surface area (Å²) in [5, 5.41) is 0. The molecular weight excluding hydrogens is 456 g/mol. The first-order valence-corrected chi connectivity index (χ1v) is 12.0. The molecule has 3 unspecified atom stereocenters. The minimum absolute atomic E-state index is 0.00183. The van der Waals surface area contributed by atoms with Crippen LogP contribution in [0.15, 0.2) is 29.2 Å². The molecule has 6 rings (SSSR count). The fourth-order valence-corrected chi connectivity index (χ4v) is 5.64. The van der Waals surface area contributed by atoms with Gasteiger partial charge in [-0.1, -0.05) is 0 Å². The predicted octanol–water partition coefficient (Wildman–Crippen LogP) is 4.14. The SMILES string of the molecule is CC1(C)CC(c2cn3c(=O)c4c(nc3c(-c3ccc(F)cc3F)n2)COC4)CC(C2CCOC2)O1. The lowest BCUT2D eigenvalue weighted by atomic mass is 9.80. The van der Waals surface area contributed by atoms with Crippen LogP contribution in [0.2, 0.25) is 0 Å². The number of ether oxygens (including phenoxy) is 3. The van der Waals surface area contributed by atoms with Crippen LogP contribution in [0.1, 0.15) is 56.0 Å². The predicted molar refractivity (Wildman–Crippen MR) is 123 cm³/mol. The van der Waals surface area contributed by atoms with E-state index in [9.17, 15) is 13.6 Å². The van der Waals surface area contributed by atoms with Crippen LogP contribution >= 0.6 is 0 Å². The van der Waals surface area contributed by atoms with E-state index in [1.165, 1.54) is 16.5 Å². The second-order valence-corrected chi connectivity index (χ2v) is 10.3. The van der Waals surface area contributed by atoms with Gasteiger partial charge in [0.05, 0.1) is 48.5 Å². The number of hydrogen-bond acceptors (Lipinski definition) is 6. The van der Waals surface area contributed by atoms with E-state index in [4.69, 9.17) is 19.2 Å². The molecule has 0 N–H and O–H groups in total. The van der Waals surface area contributed by atoms with Crippen molar-refractivity contribution in [2.24, 2.45) is 5.92 Å². The fourth-order valence-electron chi connectivity index (χ4n) is 5.64. The Morgan fingerprint density at radius 2 is 2.00 bits per heavy atom. The molecule has 1 aromatic carbocycles. The second-order valence-electron chi connectivity index (χ2n) is 10.3. The summed E-state index contributed by atoms with van der Waals surface area (Å²) in [6, 6.07) is 3.35. The van der Waals surface area contributed by atoms with Crippen LogP contribution in [0.5, 0.6) is 0 Å². The summed E-state index contributed by atoms with van der Waals surface area (Å²) in [5.41, 5.74) is 1.60. The zero-order valence-corrected chi connectivity index (χ0v) is 19.7. The number of halogens is 2. The summed E-state index contributed by atoms with van der Waals surface area (Å²) in [6.07, 6.45) is 4.08. The Balaban J connectivity index is 1.53. The first-order valence-electron chi connectivity index (χ1n) is 12.0. The van der Waals surface area contributed by atoms with E-state index in [2.05, 4.69) is 18.8 Å². The lowest BCUT2D eigenvalue weighted by Crippen LogP contribution is -2.42. The van der Waals surface area contributed by atoms with Crippen LogP contribution in [0.25, 0.3) is 16.9 Å². The molecule has 0 bridgehead atoms. The summed E-state index contributed by atoms with van der Waals surface area (Å²) >= 11 is 0. The van der Waals surface area contributed by atoms with Gasteiger partial charge in [-0.15, -0.1) is 0 Å². The molecule has 3 atom stereocenters. The average Bonchev–Trinajstić information content (AvgIpc) is 3.50. The van der Waals surface area contributed by atoms with E-state index in [-0.39, 0.29) is 47.7 Å². The van der Waals surface area contributed by atoms with Crippen LogP contribution < -0.4 is 5.56 Å². The van der Waals surface area contributed by atoms with Gasteiger partial charge >= 0.3 is 0 Å². The van der Waals surface area contributed by atoms with Gasteiger partial charge in [-0.3, -0.25) is 9.20 Å². The highest BCUT2D eigenvalue weighted by atomic mass is 19.1. The molecule has 35 heavy (non-hydrogen) atoms. The van der Waals surface area contributed by atoms with Crippen molar-refractivity contribution in [3.63, 3.8) is 0 Å². The van der Waals surface area contributed by atoms with Gasteiger partial charge in [-0.05, 0) is 45.2 Å². The molecule has 0 aliphatic carbocycles. The first-order chi connectivity index (χ1) is 16.8. The van der Waals surface area contributed by atoms with E-state index in [1.54, 1.807) is 6.20 Å². The molecule has 0 spiro atoms. The highest BCUT2D eigenvalue weighted by Crippen LogP contribution is 2.42. The van der Waals surface area contributed by atoms with Gasteiger partial charge in [0.15, 0.2) is 5.65 Å². The van der Waals surface area contributed by atoms with Gasteiger partial charge < -0.3 is 14.2 Å². The Morgan fingerprint density at radius 1 is 1.14 bits per heavy atom. The van der Waals surface area contributed by atoms with Crippen LogP contribution in [0.4, 0.5) is 8.78 Å². The van der Waals surface area contributed by atoms with Crippen LogP contribution in [0.3, 0.4) is 0 Å². The summed E-state index contributed by atoms with van der Waals surface area (Å²) < 4.78 is 47.6. The van der Waals surface area contributed by atoms with Gasteiger partial charge in [-0.2, -0.15) is 0 Å². The Kier molecular flexibility index (Phi) is 5.47. The van der Waals surface area contributed by atoms with Crippen LogP contribution in [-0.2, 0) is 27.4 Å². The third kappa shape index (κ3) is 4.05. The van der Waals surface area contributed by atoms with Crippen molar-refractivity contribution in [1.29, 1.82) is 0 Å². The number of fused-ring (bicyclic) bond motifs is 2. The maximum absolute atomic E-state index is 14.9. The summed E-state index contributed by atoms with van der Waals surface area (Å²) in [4.78, 5) is 22.9. The maximum Gasteiger partial charge on any atom is 0.263 e. The third-order valence-electron chi connectivity index (χ3n) is 7.31. The molecule has 3 aliphatic heterocycles. The standard InChI is InChI=1S/C26H27F2N3O4/c1-26(2)9-15(7-22(35-26)14-5-6-33-11-14)20-10-31-24(30-21-13-34-12-18(21)25(31)32)23(29-20)17-4-3-16(27)8-19(17)28/h3-4,8,10,14-15,22H,5-7,9,11-13H2,1-2H3. The van der Waals surface area contributed by atoms with Gasteiger partial charge in [-0.25, -0.2) is 18.7 Å². The fraction of sp³-hybridized carbons (Fsp3) is 0.500. The molecule has 3 aromatic rings. The van der Waals surface area contributed by atoms with Crippen molar-refractivity contribution in [2.75, 3.05) is 13.2 Å². The Bertz CT molecular complexity index is 1370. The largest absolute Gasteiger partial charge is 0.381 e. The average molecular weight is 484 g/mol. The second kappa shape index (κ2) is 8.43. The molecule has 2 fully saturated rings. The quantitative estimate of drug-likeness (QED) is 0.558. The lowest BCUT2D eigenvalue weighted by molar-refractivity contribution is -0.135. The summed E-state index contributed by atoms with van der Waals surface area (Å²) in [6.45, 7) is 5.92. The minimum Gasteiger partial charge on any atom is -0.381 e. The maximum atomic E-state index is 14.9. The highest BCUT2D eigenvalue weighted by Gasteiger charge is 2.41. The molecule has 0 saturated carbocycles. The van der Waals surface area contributed by atoms with Gasteiger partial charge in [0.2, 0.25) is 0 Å². The molecule has 184 valence electrons. The number of nitrogens with zero attached hydrogens (tertiary/aromatic N) is 3. The topological polar surface area (TPSA) is 75.0 Å². The lowest BCUT2D eigenvalue weighted by Gasteiger charge is -2.42. The molecule has 5 heterocycles. The molecule has 9 heteroatoms.